The molecule has 1 unspecified atom stereocenters. The topological polar surface area (TPSA) is 12.0 Å². The van der Waals surface area contributed by atoms with Crippen LogP contribution < -0.4 is 5.32 Å². The van der Waals surface area contributed by atoms with E-state index in [0.29, 0.717) is 6.04 Å². The lowest BCUT2D eigenvalue weighted by atomic mass is 9.88. The van der Waals surface area contributed by atoms with Crippen LogP contribution in [0.4, 0.5) is 0 Å². The van der Waals surface area contributed by atoms with E-state index in [1.807, 2.05) is 0 Å². The predicted octanol–water partition coefficient (Wildman–Crippen LogP) is 4.65. The number of benzene rings is 1. The first-order chi connectivity index (χ1) is 9.10. The van der Waals surface area contributed by atoms with Gasteiger partial charge in [-0.2, -0.15) is 0 Å². The molecule has 0 aromatic heterocycles. The van der Waals surface area contributed by atoms with Crippen LogP contribution in [0, 0.1) is 19.8 Å². The van der Waals surface area contributed by atoms with E-state index in [-0.39, 0.29) is 0 Å². The molecule has 0 aliphatic carbocycles. The summed E-state index contributed by atoms with van der Waals surface area (Å²) in [5, 5.41) is 3.76. The van der Waals surface area contributed by atoms with Crippen molar-refractivity contribution in [2.24, 2.45) is 5.92 Å². The third kappa shape index (κ3) is 5.36. The average Bonchev–Trinajstić information content (AvgIpc) is 2.35. The van der Waals surface area contributed by atoms with Gasteiger partial charge in [0.05, 0.1) is 0 Å². The minimum atomic E-state index is 0.621. The fourth-order valence-electron chi connectivity index (χ4n) is 3.03. The molecule has 1 N–H and O–H groups in total. The Kier molecular flexibility index (Phi) is 7.15. The normalized spacial score (nSPS) is 12.9. The molecule has 108 valence electrons. The summed E-state index contributed by atoms with van der Waals surface area (Å²) in [6, 6.07) is 7.57. The van der Waals surface area contributed by atoms with Gasteiger partial charge in [0.2, 0.25) is 0 Å². The van der Waals surface area contributed by atoms with Gasteiger partial charge < -0.3 is 5.32 Å². The zero-order valence-corrected chi connectivity index (χ0v) is 13.4. The van der Waals surface area contributed by atoms with E-state index < -0.39 is 0 Å². The lowest BCUT2D eigenvalue weighted by Gasteiger charge is -2.27. The molecule has 0 aliphatic heterocycles. The molecule has 1 atom stereocenters. The molecule has 0 heterocycles. The monoisotopic (exact) mass is 261 g/mol. The van der Waals surface area contributed by atoms with Crippen molar-refractivity contribution < 1.29 is 0 Å². The van der Waals surface area contributed by atoms with Crippen LogP contribution in [0.15, 0.2) is 18.2 Å². The Morgan fingerprint density at radius 2 is 1.53 bits per heavy atom. The second-order valence-corrected chi connectivity index (χ2v) is 5.84. The molecule has 1 rings (SSSR count). The summed E-state index contributed by atoms with van der Waals surface area (Å²) < 4.78 is 0. The first-order valence-electron chi connectivity index (χ1n) is 7.91. The fourth-order valence-corrected chi connectivity index (χ4v) is 3.03. The average molecular weight is 261 g/mol. The van der Waals surface area contributed by atoms with Crippen molar-refractivity contribution in [3.05, 3.63) is 34.9 Å². The Balaban J connectivity index is 2.80. The molecule has 0 saturated heterocycles. The van der Waals surface area contributed by atoms with Crippen LogP contribution in [0.2, 0.25) is 0 Å². The summed E-state index contributed by atoms with van der Waals surface area (Å²) in [6.07, 6.45) is 4.91. The molecule has 1 aromatic carbocycles. The van der Waals surface area contributed by atoms with Crippen LogP contribution in [-0.4, -0.2) is 12.6 Å². The number of hydrogen-bond acceptors (Lipinski definition) is 1. The molecule has 0 saturated carbocycles. The van der Waals surface area contributed by atoms with Gasteiger partial charge in [-0.25, -0.2) is 0 Å². The summed E-state index contributed by atoms with van der Waals surface area (Å²) in [4.78, 5) is 0. The number of aryl methyl sites for hydroxylation is 2. The van der Waals surface area contributed by atoms with E-state index in [9.17, 15) is 0 Å². The molecule has 1 heteroatoms. The smallest absolute Gasteiger partial charge is 0.0135 e. The summed E-state index contributed by atoms with van der Waals surface area (Å²) in [5.41, 5.74) is 4.25. The second-order valence-electron chi connectivity index (χ2n) is 5.84. The first-order valence-corrected chi connectivity index (χ1v) is 7.91. The minimum absolute atomic E-state index is 0.621. The van der Waals surface area contributed by atoms with Crippen molar-refractivity contribution in [2.45, 2.75) is 66.3 Å². The van der Waals surface area contributed by atoms with Crippen LogP contribution in [0.1, 0.15) is 56.7 Å². The maximum Gasteiger partial charge on any atom is 0.0135 e. The molecule has 0 fully saturated rings. The molecule has 0 spiro atoms. The van der Waals surface area contributed by atoms with Crippen molar-refractivity contribution in [1.29, 1.82) is 0 Å². The first kappa shape index (κ1) is 16.2. The van der Waals surface area contributed by atoms with Crippen molar-refractivity contribution in [3.8, 4) is 0 Å². The van der Waals surface area contributed by atoms with Crippen molar-refractivity contribution >= 4 is 0 Å². The van der Waals surface area contributed by atoms with Gasteiger partial charge in [-0.3, -0.25) is 0 Å². The number of nitrogens with one attached hydrogen (secondary N) is 1. The molecule has 1 nitrogen and oxygen atoms in total. The largest absolute Gasteiger partial charge is 0.313 e. The fraction of sp³-hybridized carbons (Fsp3) is 0.667. The third-order valence-corrected chi connectivity index (χ3v) is 4.01. The number of rotatable bonds is 8. The van der Waals surface area contributed by atoms with Crippen molar-refractivity contribution in [1.82, 2.24) is 5.32 Å². The standard InChI is InChI=1S/C18H31N/c1-6-9-19-18(17(7-2)8-3)13-16-11-14(4)10-15(5)12-16/h10-12,17-19H,6-9,13H2,1-5H3. The highest BCUT2D eigenvalue weighted by molar-refractivity contribution is 5.29. The summed E-state index contributed by atoms with van der Waals surface area (Å²) >= 11 is 0. The Bertz CT molecular complexity index is 346. The quantitative estimate of drug-likeness (QED) is 0.718. The van der Waals surface area contributed by atoms with Gasteiger partial charge in [0.25, 0.3) is 0 Å². The highest BCUT2D eigenvalue weighted by atomic mass is 14.9. The van der Waals surface area contributed by atoms with E-state index in [4.69, 9.17) is 0 Å². The lowest BCUT2D eigenvalue weighted by Crippen LogP contribution is -2.38. The maximum absolute atomic E-state index is 3.76. The maximum atomic E-state index is 3.76. The van der Waals surface area contributed by atoms with Gasteiger partial charge in [0.15, 0.2) is 0 Å². The van der Waals surface area contributed by atoms with E-state index in [1.165, 1.54) is 36.0 Å². The molecular formula is C18H31N. The van der Waals surface area contributed by atoms with Gasteiger partial charge in [0.1, 0.15) is 0 Å². The molecule has 0 bridgehead atoms. The Hall–Kier alpha value is -0.820. The van der Waals surface area contributed by atoms with E-state index in [1.54, 1.807) is 0 Å². The van der Waals surface area contributed by atoms with E-state index in [2.05, 4.69) is 58.1 Å². The van der Waals surface area contributed by atoms with Crippen LogP contribution in [0.25, 0.3) is 0 Å². The van der Waals surface area contributed by atoms with E-state index >= 15 is 0 Å². The third-order valence-electron chi connectivity index (χ3n) is 4.01. The predicted molar refractivity (Wildman–Crippen MR) is 85.8 cm³/mol. The SMILES string of the molecule is CCCNC(Cc1cc(C)cc(C)c1)C(CC)CC. The second kappa shape index (κ2) is 8.37. The zero-order valence-electron chi connectivity index (χ0n) is 13.4. The van der Waals surface area contributed by atoms with Gasteiger partial charge in [0, 0.05) is 6.04 Å². The molecule has 0 aliphatic rings. The van der Waals surface area contributed by atoms with Crippen molar-refractivity contribution in [3.63, 3.8) is 0 Å². The minimum Gasteiger partial charge on any atom is -0.313 e. The highest BCUT2D eigenvalue weighted by Crippen LogP contribution is 2.19. The summed E-state index contributed by atoms with van der Waals surface area (Å²) in [7, 11) is 0. The van der Waals surface area contributed by atoms with Crippen LogP contribution in [0.3, 0.4) is 0 Å². The lowest BCUT2D eigenvalue weighted by molar-refractivity contribution is 0.332. The number of hydrogen-bond donors (Lipinski definition) is 1. The van der Waals surface area contributed by atoms with Gasteiger partial charge in [-0.15, -0.1) is 0 Å². The van der Waals surface area contributed by atoms with Crippen LogP contribution in [-0.2, 0) is 6.42 Å². The molecule has 1 aromatic rings. The molecule has 19 heavy (non-hydrogen) atoms. The van der Waals surface area contributed by atoms with Gasteiger partial charge >= 0.3 is 0 Å². The molecule has 0 radical (unpaired) electrons. The summed E-state index contributed by atoms with van der Waals surface area (Å²) in [6.45, 7) is 12.4. The Morgan fingerprint density at radius 3 is 2.00 bits per heavy atom. The van der Waals surface area contributed by atoms with Crippen molar-refractivity contribution in [2.75, 3.05) is 6.54 Å². The highest BCUT2D eigenvalue weighted by Gasteiger charge is 2.18. The Labute approximate surface area is 119 Å². The van der Waals surface area contributed by atoms with E-state index in [0.717, 1.165) is 18.9 Å². The Morgan fingerprint density at radius 1 is 0.947 bits per heavy atom. The van der Waals surface area contributed by atoms with Gasteiger partial charge in [-0.05, 0) is 44.7 Å². The van der Waals surface area contributed by atoms with Crippen LogP contribution >= 0.6 is 0 Å². The van der Waals surface area contributed by atoms with Crippen LogP contribution in [0.5, 0.6) is 0 Å². The zero-order chi connectivity index (χ0) is 14.3. The summed E-state index contributed by atoms with van der Waals surface area (Å²) in [5.74, 6) is 0.785. The molecule has 0 amide bonds. The van der Waals surface area contributed by atoms with Gasteiger partial charge in [-0.1, -0.05) is 62.9 Å². The molecular weight excluding hydrogens is 230 g/mol.